The lowest BCUT2D eigenvalue weighted by Gasteiger charge is -2.03. The highest BCUT2D eigenvalue weighted by molar-refractivity contribution is 9.10. The molecule has 0 aliphatic rings. The molecule has 0 bridgehead atoms. The van der Waals surface area contributed by atoms with Crippen LogP contribution in [0.15, 0.2) is 59.2 Å². The van der Waals surface area contributed by atoms with Crippen molar-refractivity contribution in [3.8, 4) is 0 Å². The Kier molecular flexibility index (Phi) is 3.90. The van der Waals surface area contributed by atoms with E-state index in [0.717, 1.165) is 27.5 Å². The normalized spacial score (nSPS) is 11.4. The van der Waals surface area contributed by atoms with Gasteiger partial charge in [0.15, 0.2) is 0 Å². The maximum absolute atomic E-state index is 11.2. The molecule has 0 aliphatic heterocycles. The van der Waals surface area contributed by atoms with E-state index in [2.05, 4.69) is 44.8 Å². The van der Waals surface area contributed by atoms with Gasteiger partial charge < -0.3 is 9.67 Å². The third kappa shape index (κ3) is 2.85. The fourth-order valence-electron chi connectivity index (χ4n) is 3.06. The van der Waals surface area contributed by atoms with Gasteiger partial charge >= 0.3 is 5.97 Å². The number of halogens is 1. The third-order valence-corrected chi connectivity index (χ3v) is 5.66. The van der Waals surface area contributed by atoms with Crippen molar-refractivity contribution in [3.05, 3.63) is 69.6 Å². The Bertz CT molecular complexity index is 1030. The molecule has 2 aromatic carbocycles. The van der Waals surface area contributed by atoms with E-state index in [1.165, 1.54) is 15.0 Å². The van der Waals surface area contributed by atoms with E-state index >= 15 is 0 Å². The number of aliphatic carboxylic acids is 1. The Morgan fingerprint density at radius 2 is 2.00 bits per heavy atom. The van der Waals surface area contributed by atoms with E-state index in [4.69, 9.17) is 0 Å². The summed E-state index contributed by atoms with van der Waals surface area (Å²) in [6.07, 6.45) is 2.00. The number of carbonyl (C=O) groups is 1. The first-order chi connectivity index (χ1) is 11.6. The number of thiophene rings is 1. The largest absolute Gasteiger partial charge is 0.481 e. The summed E-state index contributed by atoms with van der Waals surface area (Å²) in [4.78, 5) is 12.4. The fraction of sp³-hybridized carbons (Fsp3) is 0.105. The van der Waals surface area contributed by atoms with Crippen LogP contribution in [0.25, 0.3) is 21.0 Å². The molecule has 0 amide bonds. The van der Waals surface area contributed by atoms with Gasteiger partial charge in [0.05, 0.1) is 13.0 Å². The smallest absolute Gasteiger partial charge is 0.307 e. The van der Waals surface area contributed by atoms with Gasteiger partial charge in [-0.05, 0) is 41.3 Å². The molecule has 0 radical (unpaired) electrons. The molecule has 2 heterocycles. The van der Waals surface area contributed by atoms with Crippen LogP contribution in [-0.2, 0) is 17.8 Å². The van der Waals surface area contributed by atoms with E-state index in [1.807, 2.05) is 30.5 Å². The first-order valence-electron chi connectivity index (χ1n) is 7.57. The SMILES string of the molecule is O=C(O)Cc1cn(Cc2cc3ccccc3s2)c2ccc(Br)cc12. The fourth-order valence-corrected chi connectivity index (χ4v) is 4.48. The molecule has 0 saturated carbocycles. The van der Waals surface area contributed by atoms with Gasteiger partial charge in [-0.15, -0.1) is 11.3 Å². The van der Waals surface area contributed by atoms with Crippen molar-refractivity contribution in [2.45, 2.75) is 13.0 Å². The zero-order valence-electron chi connectivity index (χ0n) is 12.7. The summed E-state index contributed by atoms with van der Waals surface area (Å²) < 4.78 is 4.38. The molecule has 2 aromatic heterocycles. The molecule has 4 rings (SSSR count). The number of benzene rings is 2. The molecule has 0 saturated heterocycles. The Morgan fingerprint density at radius 3 is 2.79 bits per heavy atom. The highest BCUT2D eigenvalue weighted by atomic mass is 79.9. The molecular formula is C19H14BrNO2S. The predicted octanol–water partition coefficient (Wildman–Crippen LogP) is 5.29. The second-order valence-electron chi connectivity index (χ2n) is 5.76. The quantitative estimate of drug-likeness (QED) is 0.506. The first-order valence-corrected chi connectivity index (χ1v) is 9.17. The number of fused-ring (bicyclic) bond motifs is 2. The number of aromatic nitrogens is 1. The van der Waals surface area contributed by atoms with Crippen LogP contribution in [0.4, 0.5) is 0 Å². The summed E-state index contributed by atoms with van der Waals surface area (Å²) in [7, 11) is 0. The van der Waals surface area contributed by atoms with E-state index in [1.54, 1.807) is 11.3 Å². The molecule has 5 heteroatoms. The molecular weight excluding hydrogens is 386 g/mol. The number of hydrogen-bond acceptors (Lipinski definition) is 2. The summed E-state index contributed by atoms with van der Waals surface area (Å²) >= 11 is 5.26. The average Bonchev–Trinajstić information content (AvgIpc) is 3.08. The summed E-state index contributed by atoms with van der Waals surface area (Å²) in [5, 5.41) is 11.4. The lowest BCUT2D eigenvalue weighted by atomic mass is 10.1. The molecule has 0 aliphatic carbocycles. The molecule has 4 aromatic rings. The monoisotopic (exact) mass is 399 g/mol. The van der Waals surface area contributed by atoms with Crippen molar-refractivity contribution in [1.29, 1.82) is 0 Å². The van der Waals surface area contributed by atoms with Gasteiger partial charge in [0.1, 0.15) is 0 Å². The lowest BCUT2D eigenvalue weighted by Crippen LogP contribution is -1.99. The number of carboxylic acids is 1. The maximum atomic E-state index is 11.2. The Morgan fingerprint density at radius 1 is 1.17 bits per heavy atom. The minimum Gasteiger partial charge on any atom is -0.481 e. The third-order valence-electron chi connectivity index (χ3n) is 4.07. The van der Waals surface area contributed by atoms with Gasteiger partial charge in [-0.1, -0.05) is 34.1 Å². The topological polar surface area (TPSA) is 42.2 Å². The van der Waals surface area contributed by atoms with Crippen molar-refractivity contribution in [2.75, 3.05) is 0 Å². The highest BCUT2D eigenvalue weighted by Crippen LogP contribution is 2.30. The maximum Gasteiger partial charge on any atom is 0.307 e. The van der Waals surface area contributed by atoms with Gasteiger partial charge in [0.2, 0.25) is 0 Å². The Hall–Kier alpha value is -2.11. The molecule has 1 N–H and O–H groups in total. The van der Waals surface area contributed by atoms with Crippen LogP contribution in [0, 0.1) is 0 Å². The Balaban J connectivity index is 1.79. The minimum absolute atomic E-state index is 0.0341. The number of rotatable bonds is 4. The molecule has 24 heavy (non-hydrogen) atoms. The standard InChI is InChI=1S/C19H14BrNO2S/c20-14-5-6-17-16(9-14)13(8-19(22)23)10-21(17)11-15-7-12-3-1-2-4-18(12)24-15/h1-7,9-10H,8,11H2,(H,22,23). The number of carboxylic acid groups (broad SMARTS) is 1. The van der Waals surface area contributed by atoms with Crippen molar-refractivity contribution < 1.29 is 9.90 Å². The van der Waals surface area contributed by atoms with E-state index in [-0.39, 0.29) is 6.42 Å². The molecule has 0 spiro atoms. The molecule has 3 nitrogen and oxygen atoms in total. The van der Waals surface area contributed by atoms with Gasteiger partial charge in [0.25, 0.3) is 0 Å². The van der Waals surface area contributed by atoms with Crippen LogP contribution >= 0.6 is 27.3 Å². The van der Waals surface area contributed by atoms with Crippen molar-refractivity contribution >= 4 is 54.2 Å². The van der Waals surface area contributed by atoms with Crippen LogP contribution < -0.4 is 0 Å². The summed E-state index contributed by atoms with van der Waals surface area (Å²) in [5.74, 6) is -0.809. The second-order valence-corrected chi connectivity index (χ2v) is 7.85. The van der Waals surface area contributed by atoms with E-state index in [9.17, 15) is 9.90 Å². The van der Waals surface area contributed by atoms with Crippen LogP contribution in [0.2, 0.25) is 0 Å². The summed E-state index contributed by atoms with van der Waals surface area (Å²) in [6, 6.07) is 16.6. The van der Waals surface area contributed by atoms with E-state index < -0.39 is 5.97 Å². The molecule has 120 valence electrons. The van der Waals surface area contributed by atoms with Gasteiger partial charge in [-0.25, -0.2) is 0 Å². The second kappa shape index (κ2) is 6.07. The van der Waals surface area contributed by atoms with Crippen LogP contribution in [0.5, 0.6) is 0 Å². The predicted molar refractivity (Wildman–Crippen MR) is 102 cm³/mol. The van der Waals surface area contributed by atoms with Gasteiger partial charge in [0, 0.05) is 31.1 Å². The van der Waals surface area contributed by atoms with Crippen molar-refractivity contribution in [1.82, 2.24) is 4.57 Å². The minimum atomic E-state index is -0.809. The van der Waals surface area contributed by atoms with Crippen molar-refractivity contribution in [2.24, 2.45) is 0 Å². The zero-order chi connectivity index (χ0) is 16.7. The van der Waals surface area contributed by atoms with Crippen LogP contribution in [0.3, 0.4) is 0 Å². The van der Waals surface area contributed by atoms with Crippen molar-refractivity contribution in [3.63, 3.8) is 0 Å². The van der Waals surface area contributed by atoms with Crippen LogP contribution in [-0.4, -0.2) is 15.6 Å². The highest BCUT2D eigenvalue weighted by Gasteiger charge is 2.13. The average molecular weight is 400 g/mol. The first kappa shape index (κ1) is 15.4. The molecule has 0 atom stereocenters. The lowest BCUT2D eigenvalue weighted by molar-refractivity contribution is -0.136. The van der Waals surface area contributed by atoms with E-state index in [0.29, 0.717) is 0 Å². The van der Waals surface area contributed by atoms with Crippen LogP contribution in [0.1, 0.15) is 10.4 Å². The number of nitrogens with zero attached hydrogens (tertiary/aromatic N) is 1. The molecule has 0 unspecified atom stereocenters. The summed E-state index contributed by atoms with van der Waals surface area (Å²) in [6.45, 7) is 0.747. The van der Waals surface area contributed by atoms with Gasteiger partial charge in [-0.2, -0.15) is 0 Å². The Labute approximate surface area is 151 Å². The summed E-state index contributed by atoms with van der Waals surface area (Å²) in [5.41, 5.74) is 1.91. The molecule has 0 fully saturated rings. The van der Waals surface area contributed by atoms with Gasteiger partial charge in [-0.3, -0.25) is 4.79 Å². The zero-order valence-corrected chi connectivity index (χ0v) is 15.1. The number of hydrogen-bond donors (Lipinski definition) is 1.